The number of anilines is 1. The van der Waals surface area contributed by atoms with Crippen LogP contribution in [0.2, 0.25) is 0 Å². The number of ether oxygens (including phenoxy) is 1. The van der Waals surface area contributed by atoms with Gasteiger partial charge < -0.3 is 24.0 Å². The third kappa shape index (κ3) is 6.16. The molecule has 1 unspecified atom stereocenters. The fourth-order valence-electron chi connectivity index (χ4n) is 4.58. The van der Waals surface area contributed by atoms with Crippen LogP contribution in [-0.4, -0.2) is 73.3 Å². The number of carbonyl (C=O) groups excluding carboxylic acids is 1. The Balaban J connectivity index is 1.68. The fourth-order valence-corrected chi connectivity index (χ4v) is 4.58. The molecule has 4 rings (SSSR count). The lowest BCUT2D eigenvalue weighted by Gasteiger charge is -2.33. The number of hydrogen-bond donors (Lipinski definition) is 0. The highest BCUT2D eigenvalue weighted by Crippen LogP contribution is 2.34. The number of nitrogens with zero attached hydrogens (tertiary/aromatic N) is 4. The van der Waals surface area contributed by atoms with E-state index in [9.17, 15) is 9.18 Å². The van der Waals surface area contributed by atoms with Crippen molar-refractivity contribution in [3.05, 3.63) is 35.6 Å². The highest BCUT2D eigenvalue weighted by molar-refractivity contribution is 5.78. The molecule has 1 aromatic heterocycles. The lowest BCUT2D eigenvalue weighted by atomic mass is 9.91. The first-order chi connectivity index (χ1) is 16.2. The van der Waals surface area contributed by atoms with Gasteiger partial charge in [0.05, 0.1) is 18.2 Å². The number of carbonyl (C=O) groups is 1. The molecule has 2 aliphatic heterocycles. The molecule has 2 aliphatic rings. The summed E-state index contributed by atoms with van der Waals surface area (Å²) in [6.45, 7) is 11.4. The van der Waals surface area contributed by atoms with E-state index in [-0.39, 0.29) is 23.2 Å². The molecule has 34 heavy (non-hydrogen) atoms. The Morgan fingerprint density at radius 2 is 1.88 bits per heavy atom. The van der Waals surface area contributed by atoms with Gasteiger partial charge >= 0.3 is 0 Å². The van der Waals surface area contributed by atoms with Gasteiger partial charge in [0.1, 0.15) is 11.5 Å². The maximum absolute atomic E-state index is 13.6. The molecule has 2 fully saturated rings. The van der Waals surface area contributed by atoms with Gasteiger partial charge in [-0.25, -0.2) is 4.39 Å². The minimum absolute atomic E-state index is 0.0464. The zero-order chi connectivity index (χ0) is 24.3. The van der Waals surface area contributed by atoms with Gasteiger partial charge in [-0.05, 0) is 49.6 Å². The van der Waals surface area contributed by atoms with E-state index in [4.69, 9.17) is 9.26 Å². The van der Waals surface area contributed by atoms with Crippen LogP contribution in [0.4, 0.5) is 10.3 Å². The minimum atomic E-state index is -0.298. The van der Waals surface area contributed by atoms with Crippen LogP contribution < -0.4 is 4.90 Å². The van der Waals surface area contributed by atoms with Crippen molar-refractivity contribution in [3.63, 3.8) is 0 Å². The van der Waals surface area contributed by atoms with Crippen molar-refractivity contribution in [1.29, 1.82) is 0 Å². The normalized spacial score (nSPS) is 19.6. The number of likely N-dealkylation sites (N-methyl/N-ethyl adjacent to an activating group) is 1. The molecule has 2 saturated heterocycles. The predicted molar refractivity (Wildman–Crippen MR) is 130 cm³/mol. The topological polar surface area (TPSA) is 62.1 Å². The second-order valence-electron chi connectivity index (χ2n) is 10.8. The van der Waals surface area contributed by atoms with Crippen molar-refractivity contribution in [2.24, 2.45) is 5.41 Å². The fraction of sp³-hybridized carbons (Fsp3) is 0.615. The lowest BCUT2D eigenvalue weighted by molar-refractivity contribution is -0.135. The molecule has 0 saturated carbocycles. The van der Waals surface area contributed by atoms with E-state index in [1.807, 2.05) is 4.90 Å². The highest BCUT2D eigenvalue weighted by Gasteiger charge is 2.31. The summed E-state index contributed by atoms with van der Waals surface area (Å²) in [4.78, 5) is 19.8. The molecule has 0 radical (unpaired) electrons. The van der Waals surface area contributed by atoms with Crippen LogP contribution in [0.5, 0.6) is 0 Å². The van der Waals surface area contributed by atoms with Crippen LogP contribution in [0.3, 0.4) is 0 Å². The first-order valence-corrected chi connectivity index (χ1v) is 12.3. The zero-order valence-electron chi connectivity index (χ0n) is 20.8. The maximum atomic E-state index is 13.6. The molecular formula is C26H37FN4O3. The van der Waals surface area contributed by atoms with Crippen LogP contribution >= 0.6 is 0 Å². The number of benzene rings is 1. The van der Waals surface area contributed by atoms with Crippen molar-refractivity contribution >= 4 is 11.8 Å². The predicted octanol–water partition coefficient (Wildman–Crippen LogP) is 4.18. The number of halogens is 1. The van der Waals surface area contributed by atoms with Gasteiger partial charge in [-0.3, -0.25) is 4.79 Å². The second kappa shape index (κ2) is 10.4. The van der Waals surface area contributed by atoms with E-state index >= 15 is 0 Å². The summed E-state index contributed by atoms with van der Waals surface area (Å²) < 4.78 is 25.4. The highest BCUT2D eigenvalue weighted by atomic mass is 19.1. The van der Waals surface area contributed by atoms with Crippen molar-refractivity contribution in [1.82, 2.24) is 15.0 Å². The molecule has 1 atom stereocenters. The molecule has 8 heteroatoms. The molecule has 0 spiro atoms. The van der Waals surface area contributed by atoms with Crippen LogP contribution in [0.1, 0.15) is 45.6 Å². The molecule has 0 aliphatic carbocycles. The smallest absolute Gasteiger partial charge is 0.232 e. The average Bonchev–Trinajstić information content (AvgIpc) is 3.43. The third-order valence-electron chi connectivity index (χ3n) is 6.51. The van der Waals surface area contributed by atoms with E-state index in [2.05, 4.69) is 42.8 Å². The van der Waals surface area contributed by atoms with Gasteiger partial charge in [0.2, 0.25) is 11.8 Å². The standard InChI is InChI=1S/C26H37FN4O3/c1-26(2,3)16-23(32)31(17-21-6-5-15-33-21)18-22-24(19-7-9-20(27)10-8-19)28-34-25(22)30-13-11-29(4)12-14-30/h7-10,21H,5-6,11-18H2,1-4H3. The van der Waals surface area contributed by atoms with E-state index in [0.717, 1.165) is 56.8 Å². The zero-order valence-corrected chi connectivity index (χ0v) is 20.8. The van der Waals surface area contributed by atoms with Gasteiger partial charge in [0.15, 0.2) is 0 Å². The molecule has 7 nitrogen and oxygen atoms in total. The van der Waals surface area contributed by atoms with Crippen LogP contribution in [0, 0.1) is 11.2 Å². The molecule has 1 aromatic carbocycles. The van der Waals surface area contributed by atoms with Crippen LogP contribution in [-0.2, 0) is 16.1 Å². The summed E-state index contributed by atoms with van der Waals surface area (Å²) in [5, 5.41) is 4.41. The van der Waals surface area contributed by atoms with E-state index in [1.54, 1.807) is 12.1 Å². The summed E-state index contributed by atoms with van der Waals surface area (Å²) in [6.07, 6.45) is 2.47. The first-order valence-electron chi connectivity index (χ1n) is 12.3. The van der Waals surface area contributed by atoms with Gasteiger partial charge in [-0.2, -0.15) is 0 Å². The SMILES string of the molecule is CN1CCN(c2onc(-c3ccc(F)cc3)c2CN(CC2CCCO2)C(=O)CC(C)(C)C)CC1. The van der Waals surface area contributed by atoms with Crippen molar-refractivity contribution in [2.75, 3.05) is 51.3 Å². The van der Waals surface area contributed by atoms with Crippen LogP contribution in [0.25, 0.3) is 11.3 Å². The number of rotatable bonds is 7. The molecule has 0 N–H and O–H groups in total. The Kier molecular flexibility index (Phi) is 7.57. The minimum Gasteiger partial charge on any atom is -0.376 e. The van der Waals surface area contributed by atoms with Gasteiger partial charge in [0.25, 0.3) is 0 Å². The lowest BCUT2D eigenvalue weighted by Crippen LogP contribution is -2.45. The van der Waals surface area contributed by atoms with Gasteiger partial charge in [0, 0.05) is 51.3 Å². The monoisotopic (exact) mass is 472 g/mol. The average molecular weight is 473 g/mol. The molecule has 1 amide bonds. The first kappa shape index (κ1) is 24.7. The Hall–Kier alpha value is -2.45. The summed E-state index contributed by atoms with van der Waals surface area (Å²) in [5.41, 5.74) is 2.19. The molecular weight excluding hydrogens is 435 g/mol. The third-order valence-corrected chi connectivity index (χ3v) is 6.51. The van der Waals surface area contributed by atoms with Crippen molar-refractivity contribution < 1.29 is 18.4 Å². The number of hydrogen-bond acceptors (Lipinski definition) is 6. The van der Waals surface area contributed by atoms with E-state index in [0.29, 0.717) is 31.1 Å². The Bertz CT molecular complexity index is 955. The van der Waals surface area contributed by atoms with E-state index in [1.165, 1.54) is 12.1 Å². The molecule has 0 bridgehead atoms. The molecule has 3 heterocycles. The Labute approximate surface area is 201 Å². The number of piperazine rings is 1. The largest absolute Gasteiger partial charge is 0.376 e. The molecule has 186 valence electrons. The van der Waals surface area contributed by atoms with Gasteiger partial charge in [-0.15, -0.1) is 0 Å². The summed E-state index contributed by atoms with van der Waals surface area (Å²) in [5.74, 6) is 0.500. The van der Waals surface area contributed by atoms with Crippen LogP contribution in [0.15, 0.2) is 28.8 Å². The van der Waals surface area contributed by atoms with Gasteiger partial charge in [-0.1, -0.05) is 25.9 Å². The quantitative estimate of drug-likeness (QED) is 0.603. The second-order valence-corrected chi connectivity index (χ2v) is 10.8. The molecule has 2 aromatic rings. The summed E-state index contributed by atoms with van der Waals surface area (Å²) in [6, 6.07) is 6.29. The number of aromatic nitrogens is 1. The van der Waals surface area contributed by atoms with Crippen molar-refractivity contribution in [3.8, 4) is 11.3 Å². The maximum Gasteiger partial charge on any atom is 0.232 e. The Morgan fingerprint density at radius 3 is 2.50 bits per heavy atom. The summed E-state index contributed by atoms with van der Waals surface area (Å²) >= 11 is 0. The Morgan fingerprint density at radius 1 is 1.18 bits per heavy atom. The summed E-state index contributed by atoms with van der Waals surface area (Å²) in [7, 11) is 2.11. The van der Waals surface area contributed by atoms with E-state index < -0.39 is 0 Å². The van der Waals surface area contributed by atoms with Crippen molar-refractivity contribution in [2.45, 2.75) is 52.7 Å². The number of amides is 1.